The zero-order chi connectivity index (χ0) is 15.5. The Balaban J connectivity index is 2.08. The Morgan fingerprint density at radius 2 is 1.90 bits per heavy atom. The van der Waals surface area contributed by atoms with E-state index < -0.39 is 16.0 Å². The van der Waals surface area contributed by atoms with E-state index in [-0.39, 0.29) is 17.9 Å². The average Bonchev–Trinajstić information content (AvgIpc) is 2.82. The van der Waals surface area contributed by atoms with Crippen molar-refractivity contribution in [2.75, 3.05) is 0 Å². The summed E-state index contributed by atoms with van der Waals surface area (Å²) in [7, 11) is -3.59. The van der Waals surface area contributed by atoms with Crippen LogP contribution in [0.4, 0.5) is 0 Å². The molecule has 0 saturated heterocycles. The third-order valence-electron chi connectivity index (χ3n) is 3.00. The van der Waals surface area contributed by atoms with Crippen LogP contribution in [-0.2, 0) is 27.8 Å². The fourth-order valence-electron chi connectivity index (χ4n) is 1.79. The first kappa shape index (κ1) is 15.7. The van der Waals surface area contributed by atoms with Crippen molar-refractivity contribution in [3.63, 3.8) is 0 Å². The van der Waals surface area contributed by atoms with Crippen molar-refractivity contribution < 1.29 is 18.3 Å². The number of hydrogen-bond donors (Lipinski definition) is 2. The number of thiophene rings is 1. The van der Waals surface area contributed by atoms with Gasteiger partial charge in [0.25, 0.3) is 0 Å². The number of rotatable bonds is 6. The molecule has 1 aromatic heterocycles. The van der Waals surface area contributed by atoms with Crippen LogP contribution in [0.5, 0.6) is 0 Å². The Hall–Kier alpha value is -1.70. The second-order valence-electron chi connectivity index (χ2n) is 4.62. The molecule has 2 aromatic rings. The van der Waals surface area contributed by atoms with E-state index in [1.165, 1.54) is 35.6 Å². The van der Waals surface area contributed by atoms with Gasteiger partial charge in [0.15, 0.2) is 0 Å². The van der Waals surface area contributed by atoms with E-state index in [0.29, 0.717) is 5.56 Å². The van der Waals surface area contributed by atoms with Crippen molar-refractivity contribution in [1.29, 1.82) is 0 Å². The monoisotopic (exact) mass is 325 g/mol. The highest BCUT2D eigenvalue weighted by atomic mass is 32.2. The number of carbonyl (C=O) groups is 1. The Morgan fingerprint density at radius 1 is 1.24 bits per heavy atom. The largest absolute Gasteiger partial charge is 0.481 e. The minimum absolute atomic E-state index is 0.123. The standard InChI is InChI=1S/C14H15NO4S2/c1-10-8-20-9-12(10)7-15-21(18,19)13-4-2-11(3-5-13)6-14(16)17/h2-5,8-9,15H,6-7H2,1H3,(H,16,17). The minimum atomic E-state index is -3.59. The van der Waals surface area contributed by atoms with Gasteiger partial charge in [0.2, 0.25) is 10.0 Å². The van der Waals surface area contributed by atoms with Crippen LogP contribution in [-0.4, -0.2) is 19.5 Å². The van der Waals surface area contributed by atoms with Crippen molar-refractivity contribution in [3.8, 4) is 0 Å². The van der Waals surface area contributed by atoms with Gasteiger partial charge in [0.1, 0.15) is 0 Å². The van der Waals surface area contributed by atoms with Crippen LogP contribution in [0.15, 0.2) is 39.9 Å². The van der Waals surface area contributed by atoms with Gasteiger partial charge in [-0.2, -0.15) is 11.3 Å². The summed E-state index contributed by atoms with van der Waals surface area (Å²) >= 11 is 1.53. The molecule has 5 nitrogen and oxygen atoms in total. The molecule has 1 aromatic carbocycles. The molecule has 0 saturated carbocycles. The summed E-state index contributed by atoms with van der Waals surface area (Å²) in [5.74, 6) is -0.948. The maximum absolute atomic E-state index is 12.1. The minimum Gasteiger partial charge on any atom is -0.481 e. The second-order valence-corrected chi connectivity index (χ2v) is 7.13. The van der Waals surface area contributed by atoms with Crippen molar-refractivity contribution in [2.45, 2.75) is 24.8 Å². The highest BCUT2D eigenvalue weighted by Crippen LogP contribution is 2.15. The van der Waals surface area contributed by atoms with Crippen molar-refractivity contribution in [3.05, 3.63) is 51.7 Å². The molecule has 2 N–H and O–H groups in total. The molecule has 0 aliphatic rings. The number of nitrogens with one attached hydrogen (secondary N) is 1. The fraction of sp³-hybridized carbons (Fsp3) is 0.214. The lowest BCUT2D eigenvalue weighted by Gasteiger charge is -2.07. The summed E-state index contributed by atoms with van der Waals surface area (Å²) in [6, 6.07) is 5.86. The van der Waals surface area contributed by atoms with Crippen molar-refractivity contribution in [1.82, 2.24) is 4.72 Å². The van der Waals surface area contributed by atoms with E-state index in [4.69, 9.17) is 5.11 Å². The van der Waals surface area contributed by atoms with Crippen LogP contribution >= 0.6 is 11.3 Å². The van der Waals surface area contributed by atoms with E-state index in [1.807, 2.05) is 17.7 Å². The van der Waals surface area contributed by atoms with Gasteiger partial charge in [-0.25, -0.2) is 13.1 Å². The van der Waals surface area contributed by atoms with E-state index >= 15 is 0 Å². The Bertz CT molecular complexity index is 733. The van der Waals surface area contributed by atoms with Gasteiger partial charge in [0.05, 0.1) is 11.3 Å². The SMILES string of the molecule is Cc1cscc1CNS(=O)(=O)c1ccc(CC(=O)O)cc1. The molecule has 0 atom stereocenters. The number of hydrogen-bond acceptors (Lipinski definition) is 4. The van der Waals surface area contributed by atoms with Crippen LogP contribution in [0.3, 0.4) is 0 Å². The first-order valence-corrected chi connectivity index (χ1v) is 8.63. The molecule has 0 fully saturated rings. The maximum atomic E-state index is 12.1. The molecule has 0 aliphatic carbocycles. The number of sulfonamides is 1. The Morgan fingerprint density at radius 3 is 2.43 bits per heavy atom. The topological polar surface area (TPSA) is 83.5 Å². The van der Waals surface area contributed by atoms with Gasteiger partial charge < -0.3 is 5.11 Å². The van der Waals surface area contributed by atoms with Gasteiger partial charge in [0, 0.05) is 6.54 Å². The van der Waals surface area contributed by atoms with Gasteiger partial charge in [-0.3, -0.25) is 4.79 Å². The maximum Gasteiger partial charge on any atom is 0.307 e. The molecule has 2 rings (SSSR count). The van der Waals surface area contributed by atoms with E-state index in [1.54, 1.807) is 0 Å². The molecule has 112 valence electrons. The van der Waals surface area contributed by atoms with Gasteiger partial charge >= 0.3 is 5.97 Å². The average molecular weight is 325 g/mol. The lowest BCUT2D eigenvalue weighted by molar-refractivity contribution is -0.136. The van der Waals surface area contributed by atoms with Crippen molar-refractivity contribution in [2.24, 2.45) is 0 Å². The van der Waals surface area contributed by atoms with Crippen molar-refractivity contribution >= 4 is 27.3 Å². The first-order chi connectivity index (χ1) is 9.88. The Kier molecular flexibility index (Phi) is 4.76. The van der Waals surface area contributed by atoms with Gasteiger partial charge in [-0.15, -0.1) is 0 Å². The van der Waals surface area contributed by atoms with E-state index in [2.05, 4.69) is 4.72 Å². The lowest BCUT2D eigenvalue weighted by Crippen LogP contribution is -2.23. The van der Waals surface area contributed by atoms with E-state index in [0.717, 1.165) is 11.1 Å². The highest BCUT2D eigenvalue weighted by molar-refractivity contribution is 7.89. The van der Waals surface area contributed by atoms with Crippen LogP contribution in [0.1, 0.15) is 16.7 Å². The molecular weight excluding hydrogens is 310 g/mol. The quantitative estimate of drug-likeness (QED) is 0.852. The third kappa shape index (κ3) is 4.13. The molecule has 7 heteroatoms. The normalized spacial score (nSPS) is 11.5. The summed E-state index contributed by atoms with van der Waals surface area (Å²) in [6.07, 6.45) is -0.123. The number of aryl methyl sites for hydroxylation is 1. The molecule has 21 heavy (non-hydrogen) atoms. The molecule has 0 aliphatic heterocycles. The third-order valence-corrected chi connectivity index (χ3v) is 5.33. The van der Waals surface area contributed by atoms with Crippen LogP contribution in [0.25, 0.3) is 0 Å². The summed E-state index contributed by atoms with van der Waals surface area (Å²) in [5, 5.41) is 12.6. The van der Waals surface area contributed by atoms with Crippen LogP contribution in [0, 0.1) is 6.92 Å². The van der Waals surface area contributed by atoms with Crippen LogP contribution < -0.4 is 4.72 Å². The predicted octanol–water partition coefficient (Wildman–Crippen LogP) is 2.16. The van der Waals surface area contributed by atoms with Gasteiger partial charge in [-0.1, -0.05) is 12.1 Å². The highest BCUT2D eigenvalue weighted by Gasteiger charge is 2.14. The summed E-state index contributed by atoms with van der Waals surface area (Å²) in [5.41, 5.74) is 2.57. The van der Waals surface area contributed by atoms with Crippen LogP contribution in [0.2, 0.25) is 0 Å². The number of carboxylic acids is 1. The number of benzene rings is 1. The smallest absolute Gasteiger partial charge is 0.307 e. The molecule has 0 bridgehead atoms. The second kappa shape index (κ2) is 6.38. The van der Waals surface area contributed by atoms with E-state index in [9.17, 15) is 13.2 Å². The zero-order valence-electron chi connectivity index (χ0n) is 11.4. The Labute approximate surface area is 127 Å². The summed E-state index contributed by atoms with van der Waals surface area (Å²) in [6.45, 7) is 2.18. The zero-order valence-corrected chi connectivity index (χ0v) is 13.0. The predicted molar refractivity (Wildman–Crippen MR) is 80.9 cm³/mol. The first-order valence-electron chi connectivity index (χ1n) is 6.20. The molecule has 1 heterocycles. The lowest BCUT2D eigenvalue weighted by atomic mass is 10.2. The summed E-state index contributed by atoms with van der Waals surface area (Å²) < 4.78 is 26.8. The summed E-state index contributed by atoms with van der Waals surface area (Å²) in [4.78, 5) is 10.7. The number of carboxylic acid groups (broad SMARTS) is 1. The molecule has 0 amide bonds. The molecule has 0 unspecified atom stereocenters. The fourth-order valence-corrected chi connectivity index (χ4v) is 3.65. The molecule has 0 radical (unpaired) electrons. The molecule has 0 spiro atoms. The number of aliphatic carboxylic acids is 1. The van der Waals surface area contributed by atoms with Gasteiger partial charge in [-0.05, 0) is 46.5 Å². The molecular formula is C14H15NO4S2.